The molecule has 5 heteroatoms. The minimum Gasteiger partial charge on any atom is -0.466 e. The molecular formula is C17H29NO4. The van der Waals surface area contributed by atoms with E-state index in [9.17, 15) is 14.9 Å². The van der Waals surface area contributed by atoms with Crippen molar-refractivity contribution in [2.45, 2.75) is 54.4 Å². The fraction of sp³-hybridized carbons (Fsp3) is 0.824. The summed E-state index contributed by atoms with van der Waals surface area (Å²) in [7, 11) is 0. The van der Waals surface area contributed by atoms with Crippen molar-refractivity contribution in [2.24, 2.45) is 23.2 Å². The first-order valence-corrected chi connectivity index (χ1v) is 8.01. The van der Waals surface area contributed by atoms with E-state index in [-0.39, 0.29) is 31.5 Å². The number of carbonyl (C=O) groups is 2. The minimum absolute atomic E-state index is 0.0465. The van der Waals surface area contributed by atoms with Gasteiger partial charge in [0.15, 0.2) is 0 Å². The monoisotopic (exact) mass is 311 g/mol. The van der Waals surface area contributed by atoms with Gasteiger partial charge in [-0.25, -0.2) is 0 Å². The molecular weight excluding hydrogens is 282 g/mol. The zero-order valence-electron chi connectivity index (χ0n) is 14.6. The first-order chi connectivity index (χ1) is 10.3. The van der Waals surface area contributed by atoms with Crippen LogP contribution < -0.4 is 0 Å². The second-order valence-corrected chi connectivity index (χ2v) is 5.93. The van der Waals surface area contributed by atoms with Crippen LogP contribution in [0.1, 0.15) is 54.4 Å². The van der Waals surface area contributed by atoms with Crippen molar-refractivity contribution in [1.82, 2.24) is 0 Å². The molecule has 0 aromatic rings. The molecule has 0 rings (SSSR count). The lowest BCUT2D eigenvalue weighted by atomic mass is 9.63. The maximum absolute atomic E-state index is 12.3. The lowest BCUT2D eigenvalue weighted by Gasteiger charge is -2.38. The molecule has 0 heterocycles. The molecule has 0 N–H and O–H groups in total. The number of hydrogen-bond donors (Lipinski definition) is 0. The van der Waals surface area contributed by atoms with E-state index in [1.54, 1.807) is 13.8 Å². The predicted octanol–water partition coefficient (Wildman–Crippen LogP) is 3.33. The second kappa shape index (κ2) is 9.45. The maximum atomic E-state index is 12.3. The van der Waals surface area contributed by atoms with Crippen LogP contribution >= 0.6 is 0 Å². The van der Waals surface area contributed by atoms with Crippen molar-refractivity contribution >= 4 is 11.9 Å². The van der Waals surface area contributed by atoms with E-state index >= 15 is 0 Å². The summed E-state index contributed by atoms with van der Waals surface area (Å²) >= 11 is 0. The molecule has 0 aliphatic rings. The van der Waals surface area contributed by atoms with Crippen LogP contribution in [-0.4, -0.2) is 25.2 Å². The summed E-state index contributed by atoms with van der Waals surface area (Å²) in [4.78, 5) is 24.2. The molecule has 3 unspecified atom stereocenters. The summed E-state index contributed by atoms with van der Waals surface area (Å²) < 4.78 is 10.1. The van der Waals surface area contributed by atoms with Gasteiger partial charge in [-0.15, -0.1) is 0 Å². The molecule has 0 bridgehead atoms. The standard InChI is InChI=1S/C17H29NO4/c1-7-14(17(6,11-18)12(4)5)13(16(20)22-9-3)10-15(19)21-8-2/h12-14H,7-10H2,1-6H3. The first kappa shape index (κ1) is 20.4. The molecule has 3 atom stereocenters. The topological polar surface area (TPSA) is 76.4 Å². The van der Waals surface area contributed by atoms with E-state index in [4.69, 9.17) is 9.47 Å². The average Bonchev–Trinajstić information content (AvgIpc) is 2.46. The van der Waals surface area contributed by atoms with Gasteiger partial charge in [-0.3, -0.25) is 9.59 Å². The number of carbonyl (C=O) groups excluding carboxylic acids is 2. The highest BCUT2D eigenvalue weighted by Crippen LogP contribution is 2.42. The molecule has 22 heavy (non-hydrogen) atoms. The molecule has 0 spiro atoms. The van der Waals surface area contributed by atoms with Gasteiger partial charge in [0, 0.05) is 0 Å². The molecule has 0 amide bonds. The number of nitriles is 1. The van der Waals surface area contributed by atoms with E-state index < -0.39 is 23.3 Å². The SMILES string of the molecule is CCOC(=O)CC(C(=O)OCC)C(CC)C(C)(C#N)C(C)C. The largest absolute Gasteiger partial charge is 0.466 e. The summed E-state index contributed by atoms with van der Waals surface area (Å²) in [5, 5.41) is 9.64. The highest BCUT2D eigenvalue weighted by Gasteiger charge is 2.45. The van der Waals surface area contributed by atoms with Gasteiger partial charge in [0.2, 0.25) is 0 Å². The first-order valence-electron chi connectivity index (χ1n) is 8.01. The Bertz CT molecular complexity index is 413. The molecule has 126 valence electrons. The van der Waals surface area contributed by atoms with Gasteiger partial charge >= 0.3 is 11.9 Å². The number of nitrogens with zero attached hydrogens (tertiary/aromatic N) is 1. The second-order valence-electron chi connectivity index (χ2n) is 5.93. The smallest absolute Gasteiger partial charge is 0.309 e. The molecule has 0 fully saturated rings. The third-order valence-electron chi connectivity index (χ3n) is 4.42. The van der Waals surface area contributed by atoms with Crippen molar-refractivity contribution in [3.63, 3.8) is 0 Å². The third kappa shape index (κ3) is 5.01. The van der Waals surface area contributed by atoms with E-state index in [0.717, 1.165) is 0 Å². The van der Waals surface area contributed by atoms with Crippen LogP contribution in [0.15, 0.2) is 0 Å². The third-order valence-corrected chi connectivity index (χ3v) is 4.42. The Morgan fingerprint density at radius 1 is 1.14 bits per heavy atom. The number of hydrogen-bond acceptors (Lipinski definition) is 5. The Balaban J connectivity index is 5.55. The maximum Gasteiger partial charge on any atom is 0.309 e. The van der Waals surface area contributed by atoms with Gasteiger partial charge < -0.3 is 9.47 Å². The quantitative estimate of drug-likeness (QED) is 0.610. The van der Waals surface area contributed by atoms with Gasteiger partial charge in [0.1, 0.15) is 0 Å². The fourth-order valence-electron chi connectivity index (χ4n) is 2.81. The molecule has 0 saturated carbocycles. The lowest BCUT2D eigenvalue weighted by Crippen LogP contribution is -2.41. The zero-order valence-corrected chi connectivity index (χ0v) is 14.6. The number of esters is 2. The van der Waals surface area contributed by atoms with E-state index in [2.05, 4.69) is 6.07 Å². The van der Waals surface area contributed by atoms with Crippen LogP contribution in [0, 0.1) is 34.5 Å². The Morgan fingerprint density at radius 3 is 2.05 bits per heavy atom. The molecule has 0 aromatic carbocycles. The van der Waals surface area contributed by atoms with Gasteiger partial charge in [0.05, 0.1) is 37.0 Å². The molecule has 0 aliphatic carbocycles. The highest BCUT2D eigenvalue weighted by atomic mass is 16.5. The summed E-state index contributed by atoms with van der Waals surface area (Å²) in [6.45, 7) is 11.7. The van der Waals surface area contributed by atoms with Gasteiger partial charge in [-0.1, -0.05) is 27.2 Å². The predicted molar refractivity (Wildman–Crippen MR) is 83.7 cm³/mol. The van der Waals surface area contributed by atoms with Crippen molar-refractivity contribution in [2.75, 3.05) is 13.2 Å². The number of rotatable bonds is 9. The minimum atomic E-state index is -0.710. The Morgan fingerprint density at radius 2 is 1.68 bits per heavy atom. The van der Waals surface area contributed by atoms with Crippen LogP contribution in [0.25, 0.3) is 0 Å². The van der Waals surface area contributed by atoms with Gasteiger partial charge in [-0.2, -0.15) is 5.26 Å². The Hall–Kier alpha value is -1.57. The van der Waals surface area contributed by atoms with Crippen LogP contribution in [0.5, 0.6) is 0 Å². The summed E-state index contributed by atoms with van der Waals surface area (Å²) in [6.07, 6.45) is 0.570. The molecule has 0 saturated heterocycles. The molecule has 5 nitrogen and oxygen atoms in total. The normalized spacial score (nSPS) is 16.3. The average molecular weight is 311 g/mol. The van der Waals surface area contributed by atoms with Crippen LogP contribution in [0.2, 0.25) is 0 Å². The fourth-order valence-corrected chi connectivity index (χ4v) is 2.81. The van der Waals surface area contributed by atoms with E-state index in [1.165, 1.54) is 0 Å². The van der Waals surface area contributed by atoms with Crippen molar-refractivity contribution in [1.29, 1.82) is 5.26 Å². The van der Waals surface area contributed by atoms with Crippen LogP contribution in [-0.2, 0) is 19.1 Å². The van der Waals surface area contributed by atoms with Crippen molar-refractivity contribution in [3.05, 3.63) is 0 Å². The summed E-state index contributed by atoms with van der Waals surface area (Å²) in [5.74, 6) is -1.72. The van der Waals surface area contributed by atoms with Crippen LogP contribution in [0.3, 0.4) is 0 Å². The Kier molecular flexibility index (Phi) is 8.77. The lowest BCUT2D eigenvalue weighted by molar-refractivity contribution is -0.158. The van der Waals surface area contributed by atoms with Gasteiger partial charge in [0.25, 0.3) is 0 Å². The summed E-state index contributed by atoms with van der Waals surface area (Å²) in [5.41, 5.74) is -0.710. The summed E-state index contributed by atoms with van der Waals surface area (Å²) in [6, 6.07) is 2.35. The van der Waals surface area contributed by atoms with Gasteiger partial charge in [-0.05, 0) is 32.6 Å². The van der Waals surface area contributed by atoms with E-state index in [0.29, 0.717) is 6.42 Å². The molecule has 0 aliphatic heterocycles. The molecule has 0 aromatic heterocycles. The van der Waals surface area contributed by atoms with E-state index in [1.807, 2.05) is 27.7 Å². The van der Waals surface area contributed by atoms with Crippen molar-refractivity contribution in [3.8, 4) is 6.07 Å². The van der Waals surface area contributed by atoms with Crippen LogP contribution in [0.4, 0.5) is 0 Å². The van der Waals surface area contributed by atoms with Crippen molar-refractivity contribution < 1.29 is 19.1 Å². The number of ether oxygens (including phenoxy) is 2. The Labute approximate surface area is 134 Å². The highest BCUT2D eigenvalue weighted by molar-refractivity contribution is 5.80. The zero-order chi connectivity index (χ0) is 17.3. The molecule has 0 radical (unpaired) electrons.